The van der Waals surface area contributed by atoms with Gasteiger partial charge >= 0.3 is 0 Å². The Balaban J connectivity index is 2.06. The molecule has 0 heterocycles. The maximum atomic E-state index is 13.4. The molecule has 0 bridgehead atoms. The quantitative estimate of drug-likeness (QED) is 0.805. The summed E-state index contributed by atoms with van der Waals surface area (Å²) in [6.45, 7) is 1.44. The Labute approximate surface area is 114 Å². The first-order chi connectivity index (χ1) is 9.19. The molecule has 0 aliphatic heterocycles. The minimum atomic E-state index is -0.289. The van der Waals surface area contributed by atoms with E-state index in [9.17, 15) is 9.50 Å². The summed E-state index contributed by atoms with van der Waals surface area (Å²) in [4.78, 5) is 2.26. The molecule has 1 saturated carbocycles. The topological polar surface area (TPSA) is 49.5 Å². The van der Waals surface area contributed by atoms with E-state index in [-0.39, 0.29) is 12.4 Å². The fraction of sp³-hybridized carbons (Fsp3) is 0.600. The van der Waals surface area contributed by atoms with Crippen molar-refractivity contribution in [1.82, 2.24) is 4.90 Å². The first kappa shape index (κ1) is 14.3. The fourth-order valence-electron chi connectivity index (χ4n) is 2.97. The number of halogens is 1. The number of benzene rings is 1. The van der Waals surface area contributed by atoms with Gasteiger partial charge in [-0.3, -0.25) is 4.90 Å². The van der Waals surface area contributed by atoms with Crippen LogP contribution in [0.2, 0.25) is 0 Å². The molecule has 1 aromatic carbocycles. The van der Waals surface area contributed by atoms with Crippen LogP contribution in [-0.2, 0) is 6.54 Å². The summed E-state index contributed by atoms with van der Waals surface area (Å²) in [5.74, 6) is -0.289. The number of hydrogen-bond acceptors (Lipinski definition) is 3. The molecule has 106 valence electrons. The summed E-state index contributed by atoms with van der Waals surface area (Å²) in [7, 11) is 0. The average molecular weight is 266 g/mol. The lowest BCUT2D eigenvalue weighted by Gasteiger charge is -2.34. The van der Waals surface area contributed by atoms with Gasteiger partial charge in [0, 0.05) is 24.8 Å². The van der Waals surface area contributed by atoms with Crippen molar-refractivity contribution in [3.63, 3.8) is 0 Å². The van der Waals surface area contributed by atoms with E-state index in [0.717, 1.165) is 5.56 Å². The first-order valence-electron chi connectivity index (χ1n) is 7.09. The Kier molecular flexibility index (Phi) is 5.16. The molecule has 3 nitrogen and oxygen atoms in total. The SMILES string of the molecule is Nc1cc(F)cc(CN(CCO)C2CCCCC2)c1. The van der Waals surface area contributed by atoms with Crippen LogP contribution in [0.1, 0.15) is 37.7 Å². The molecule has 19 heavy (non-hydrogen) atoms. The standard InChI is InChI=1S/C15H23FN2O/c16-13-8-12(9-14(17)10-13)11-18(6-7-19)15-4-2-1-3-5-15/h8-10,15,19H,1-7,11,17H2. The van der Waals surface area contributed by atoms with Crippen LogP contribution in [0.4, 0.5) is 10.1 Å². The normalized spacial score (nSPS) is 17.0. The van der Waals surface area contributed by atoms with Gasteiger partial charge in [0.15, 0.2) is 0 Å². The maximum absolute atomic E-state index is 13.4. The lowest BCUT2D eigenvalue weighted by Crippen LogP contribution is -2.38. The Morgan fingerprint density at radius 3 is 2.58 bits per heavy atom. The number of nitrogen functional groups attached to an aromatic ring is 1. The first-order valence-corrected chi connectivity index (χ1v) is 7.09. The Bertz CT molecular complexity index is 385. The lowest BCUT2D eigenvalue weighted by atomic mass is 9.94. The molecular formula is C15H23FN2O. The van der Waals surface area contributed by atoms with E-state index in [1.165, 1.54) is 44.2 Å². The van der Waals surface area contributed by atoms with Gasteiger partial charge in [0.05, 0.1) is 6.61 Å². The molecule has 4 heteroatoms. The number of aliphatic hydroxyl groups excluding tert-OH is 1. The van der Waals surface area contributed by atoms with Gasteiger partial charge in [-0.25, -0.2) is 4.39 Å². The van der Waals surface area contributed by atoms with Crippen molar-refractivity contribution in [3.8, 4) is 0 Å². The van der Waals surface area contributed by atoms with Crippen molar-refractivity contribution in [2.45, 2.75) is 44.7 Å². The van der Waals surface area contributed by atoms with E-state index in [0.29, 0.717) is 24.8 Å². The summed E-state index contributed by atoms with van der Waals surface area (Å²) in [6.07, 6.45) is 6.14. The van der Waals surface area contributed by atoms with Gasteiger partial charge in [-0.1, -0.05) is 19.3 Å². The summed E-state index contributed by atoms with van der Waals surface area (Å²) in [5.41, 5.74) is 7.03. The van der Waals surface area contributed by atoms with Crippen LogP contribution in [0.3, 0.4) is 0 Å². The minimum absolute atomic E-state index is 0.140. The van der Waals surface area contributed by atoms with Crippen LogP contribution in [-0.4, -0.2) is 29.2 Å². The van der Waals surface area contributed by atoms with Crippen LogP contribution < -0.4 is 5.73 Å². The highest BCUT2D eigenvalue weighted by atomic mass is 19.1. The van der Waals surface area contributed by atoms with Gasteiger partial charge in [0.25, 0.3) is 0 Å². The highest BCUT2D eigenvalue weighted by Gasteiger charge is 2.21. The molecule has 1 fully saturated rings. The van der Waals surface area contributed by atoms with Crippen molar-refractivity contribution in [2.75, 3.05) is 18.9 Å². The van der Waals surface area contributed by atoms with Crippen LogP contribution >= 0.6 is 0 Å². The number of aliphatic hydroxyl groups is 1. The smallest absolute Gasteiger partial charge is 0.125 e. The van der Waals surface area contributed by atoms with Gasteiger partial charge < -0.3 is 10.8 Å². The lowest BCUT2D eigenvalue weighted by molar-refractivity contribution is 0.117. The molecule has 0 saturated heterocycles. The Morgan fingerprint density at radius 2 is 1.95 bits per heavy atom. The zero-order valence-corrected chi connectivity index (χ0v) is 11.3. The third-order valence-electron chi connectivity index (χ3n) is 3.84. The molecule has 3 N–H and O–H groups in total. The van der Waals surface area contributed by atoms with E-state index < -0.39 is 0 Å². The monoisotopic (exact) mass is 266 g/mol. The minimum Gasteiger partial charge on any atom is -0.399 e. The van der Waals surface area contributed by atoms with E-state index in [4.69, 9.17) is 5.73 Å². The van der Waals surface area contributed by atoms with Crippen molar-refractivity contribution >= 4 is 5.69 Å². The molecule has 1 aliphatic rings. The molecule has 0 aromatic heterocycles. The Hall–Kier alpha value is -1.13. The van der Waals surface area contributed by atoms with Gasteiger partial charge in [0.1, 0.15) is 5.82 Å². The van der Waals surface area contributed by atoms with Crippen molar-refractivity contribution < 1.29 is 9.50 Å². The second-order valence-corrected chi connectivity index (χ2v) is 5.38. The highest BCUT2D eigenvalue weighted by molar-refractivity contribution is 5.41. The van der Waals surface area contributed by atoms with Crippen LogP contribution in [0.25, 0.3) is 0 Å². The van der Waals surface area contributed by atoms with Crippen molar-refractivity contribution in [3.05, 3.63) is 29.6 Å². The Morgan fingerprint density at radius 1 is 1.21 bits per heavy atom. The third kappa shape index (κ3) is 4.18. The number of nitrogens with two attached hydrogens (primary N) is 1. The van der Waals surface area contributed by atoms with Crippen molar-refractivity contribution in [2.24, 2.45) is 0 Å². The fourth-order valence-corrected chi connectivity index (χ4v) is 2.97. The number of nitrogens with zero attached hydrogens (tertiary/aromatic N) is 1. The molecule has 1 aliphatic carbocycles. The molecule has 1 aromatic rings. The molecular weight excluding hydrogens is 243 g/mol. The predicted molar refractivity (Wildman–Crippen MR) is 75.2 cm³/mol. The number of anilines is 1. The molecule has 0 amide bonds. The molecule has 2 rings (SSSR count). The van der Waals surface area contributed by atoms with Gasteiger partial charge in [0.2, 0.25) is 0 Å². The second-order valence-electron chi connectivity index (χ2n) is 5.38. The summed E-state index contributed by atoms with van der Waals surface area (Å²) in [5, 5.41) is 9.21. The van der Waals surface area contributed by atoms with Gasteiger partial charge in [-0.15, -0.1) is 0 Å². The number of hydrogen-bond donors (Lipinski definition) is 2. The van der Waals surface area contributed by atoms with E-state index in [2.05, 4.69) is 4.90 Å². The molecule has 0 spiro atoms. The predicted octanol–water partition coefficient (Wildman–Crippen LogP) is 2.53. The summed E-state index contributed by atoms with van der Waals surface area (Å²) in [6, 6.07) is 5.19. The number of rotatable bonds is 5. The molecule has 0 unspecified atom stereocenters. The molecule has 0 radical (unpaired) electrons. The van der Waals surface area contributed by atoms with Gasteiger partial charge in [-0.2, -0.15) is 0 Å². The zero-order valence-electron chi connectivity index (χ0n) is 11.3. The molecule has 0 atom stereocenters. The van der Waals surface area contributed by atoms with Crippen LogP contribution in [0.5, 0.6) is 0 Å². The third-order valence-corrected chi connectivity index (χ3v) is 3.84. The van der Waals surface area contributed by atoms with E-state index >= 15 is 0 Å². The summed E-state index contributed by atoms with van der Waals surface area (Å²) >= 11 is 0. The average Bonchev–Trinajstić information content (AvgIpc) is 2.38. The van der Waals surface area contributed by atoms with E-state index in [1.54, 1.807) is 0 Å². The van der Waals surface area contributed by atoms with Crippen LogP contribution in [0.15, 0.2) is 18.2 Å². The largest absolute Gasteiger partial charge is 0.399 e. The van der Waals surface area contributed by atoms with E-state index in [1.807, 2.05) is 6.07 Å². The van der Waals surface area contributed by atoms with Gasteiger partial charge in [-0.05, 0) is 36.6 Å². The second kappa shape index (κ2) is 6.87. The highest BCUT2D eigenvalue weighted by Crippen LogP contribution is 2.24. The maximum Gasteiger partial charge on any atom is 0.125 e. The van der Waals surface area contributed by atoms with Crippen LogP contribution in [0, 0.1) is 5.82 Å². The van der Waals surface area contributed by atoms with Crippen molar-refractivity contribution in [1.29, 1.82) is 0 Å². The summed E-state index contributed by atoms with van der Waals surface area (Å²) < 4.78 is 13.4. The zero-order chi connectivity index (χ0) is 13.7.